The molecule has 392 valence electrons. The van der Waals surface area contributed by atoms with E-state index in [4.69, 9.17) is 9.72 Å². The quantitative estimate of drug-likeness (QED) is 0.142. The van der Waals surface area contributed by atoms with Crippen molar-refractivity contribution in [3.63, 3.8) is 0 Å². The zero-order valence-electron chi connectivity index (χ0n) is 48.2. The molecule has 0 radical (unpaired) electrons. The van der Waals surface area contributed by atoms with Crippen LogP contribution in [0.15, 0.2) is 182 Å². The van der Waals surface area contributed by atoms with E-state index in [1.807, 2.05) is 6.20 Å². The van der Waals surface area contributed by atoms with E-state index in [9.17, 15) is 0 Å². The summed E-state index contributed by atoms with van der Waals surface area (Å²) < 4.78 is 12.5. The standard InChI is InChI=1S/C72H74GeN4O/c1-69(2,3)50-33-34-74-65(41-50)77-63-32-22-29-59-66(63)67-60(73(59,13)14)43-56(44-64(67)77)78-55-28-21-27-54(42-55)75-45-76(62-31-19-18-30-61(62)75)68-57(48-26-20-25-47(35-48)46-23-16-15-17-24-46)39-53(72(10,11)12)40-58(68)49-36-51(70(4,5)6)38-52(37-49)71(7,8)9/h15-44H,45H2,1-14H3. The Morgan fingerprint density at radius 3 is 1.68 bits per heavy atom. The molecule has 2 aliphatic heterocycles. The first-order valence-electron chi connectivity index (χ1n) is 28.0. The molecule has 4 heterocycles. The maximum absolute atomic E-state index is 7.15. The van der Waals surface area contributed by atoms with Gasteiger partial charge < -0.3 is 0 Å². The SMILES string of the molecule is CC(C)(C)c1cc(-c2cc(C(C)(C)C)cc(-c3cccc(-c4ccccc4)c3)c2N2CN(c3cccc(Oc4c[c]5c6c7[c](cccc7n(-c7cc(C(C)(C)C)ccn7)c6c4)[Ge]5([CH3])[CH3])c3)c3ccccc32)cc(C(C)(C)C)c1. The van der Waals surface area contributed by atoms with Gasteiger partial charge in [0.05, 0.1) is 0 Å². The van der Waals surface area contributed by atoms with Gasteiger partial charge in [-0.2, -0.15) is 0 Å². The Morgan fingerprint density at radius 2 is 1.00 bits per heavy atom. The summed E-state index contributed by atoms with van der Waals surface area (Å²) in [6, 6.07) is 65.9. The van der Waals surface area contributed by atoms with Crippen LogP contribution in [-0.2, 0) is 21.7 Å². The van der Waals surface area contributed by atoms with Gasteiger partial charge in [0.25, 0.3) is 0 Å². The topological polar surface area (TPSA) is 33.5 Å². The van der Waals surface area contributed by atoms with Gasteiger partial charge in [0.2, 0.25) is 0 Å². The Labute approximate surface area is 465 Å². The molecule has 0 amide bonds. The van der Waals surface area contributed by atoms with Crippen LogP contribution in [0.3, 0.4) is 0 Å². The molecule has 8 aromatic carbocycles. The number of pyridine rings is 1. The number of benzene rings is 8. The number of aromatic nitrogens is 2. The van der Waals surface area contributed by atoms with E-state index >= 15 is 0 Å². The van der Waals surface area contributed by atoms with Crippen LogP contribution in [0, 0.1) is 0 Å². The molecule has 6 heteroatoms. The molecule has 0 fully saturated rings. The van der Waals surface area contributed by atoms with Crippen molar-refractivity contribution in [3.8, 4) is 50.7 Å². The summed E-state index contributed by atoms with van der Waals surface area (Å²) in [6.45, 7) is 28.5. The monoisotopic (exact) mass is 1080 g/mol. The fourth-order valence-corrected chi connectivity index (χ4v) is 18.5. The van der Waals surface area contributed by atoms with Gasteiger partial charge in [-0.05, 0) is 73.4 Å². The molecule has 78 heavy (non-hydrogen) atoms. The van der Waals surface area contributed by atoms with Gasteiger partial charge in [0, 0.05) is 0 Å². The molecule has 0 N–H and O–H groups in total. The number of para-hydroxylation sites is 2. The van der Waals surface area contributed by atoms with Crippen LogP contribution in [-0.4, -0.2) is 29.5 Å². The molecular weight excluding hydrogens is 1010 g/mol. The van der Waals surface area contributed by atoms with E-state index in [0.717, 1.165) is 39.9 Å². The first-order chi connectivity index (χ1) is 36.9. The summed E-state index contributed by atoms with van der Waals surface area (Å²) in [7, 11) is 0. The number of ether oxygens (including phenoxy) is 1. The molecule has 2 aliphatic rings. The van der Waals surface area contributed by atoms with Crippen LogP contribution in [0.5, 0.6) is 11.5 Å². The van der Waals surface area contributed by atoms with Crippen LogP contribution in [0.2, 0.25) is 11.5 Å². The van der Waals surface area contributed by atoms with Crippen molar-refractivity contribution in [1.29, 1.82) is 0 Å². The average molecular weight is 1080 g/mol. The van der Waals surface area contributed by atoms with E-state index in [1.165, 1.54) is 86.4 Å². The van der Waals surface area contributed by atoms with Crippen molar-refractivity contribution >= 4 is 66.6 Å². The van der Waals surface area contributed by atoms with E-state index in [2.05, 4.69) is 285 Å². The minimum Gasteiger partial charge on any atom is -0.0561 e. The largest absolute Gasteiger partial charge is 0.0561 e. The third-order valence-electron chi connectivity index (χ3n) is 16.7. The molecular formula is C72H74GeN4O. The summed E-state index contributed by atoms with van der Waals surface area (Å²) in [5.41, 5.74) is 19.2. The average Bonchev–Trinajstić information content (AvgIpc) is 3.61. The molecule has 0 unspecified atom stereocenters. The second-order valence-electron chi connectivity index (χ2n) is 26.7. The van der Waals surface area contributed by atoms with Gasteiger partial charge in [-0.25, -0.2) is 0 Å². The van der Waals surface area contributed by atoms with Crippen molar-refractivity contribution in [1.82, 2.24) is 9.55 Å². The van der Waals surface area contributed by atoms with Crippen molar-refractivity contribution in [2.75, 3.05) is 16.5 Å². The molecule has 2 aromatic heterocycles. The van der Waals surface area contributed by atoms with Crippen molar-refractivity contribution < 1.29 is 4.74 Å². The van der Waals surface area contributed by atoms with Crippen molar-refractivity contribution in [3.05, 3.63) is 204 Å². The van der Waals surface area contributed by atoms with E-state index in [0.29, 0.717) is 6.67 Å². The summed E-state index contributed by atoms with van der Waals surface area (Å²) >= 11 is -2.71. The van der Waals surface area contributed by atoms with Crippen LogP contribution in [0.4, 0.5) is 22.7 Å². The summed E-state index contributed by atoms with van der Waals surface area (Å²) in [6.07, 6.45) is 1.97. The Balaban J connectivity index is 1.01. The Morgan fingerprint density at radius 1 is 0.423 bits per heavy atom. The number of hydrogen-bond donors (Lipinski definition) is 0. The predicted octanol–water partition coefficient (Wildman–Crippen LogP) is 18.5. The maximum atomic E-state index is 7.15. The second-order valence-corrected chi connectivity index (χ2v) is 35.8. The molecule has 0 saturated heterocycles. The van der Waals surface area contributed by atoms with Gasteiger partial charge in [0.15, 0.2) is 0 Å². The van der Waals surface area contributed by atoms with Crippen molar-refractivity contribution in [2.45, 2.75) is 116 Å². The minimum absolute atomic E-state index is 0.0164. The number of anilines is 4. The molecule has 0 spiro atoms. The van der Waals surface area contributed by atoms with E-state index in [1.54, 1.807) is 0 Å². The number of rotatable bonds is 8. The Kier molecular flexibility index (Phi) is 12.1. The normalized spacial score (nSPS) is 14.3. The third kappa shape index (κ3) is 8.92. The van der Waals surface area contributed by atoms with Crippen LogP contribution in [0.1, 0.15) is 105 Å². The molecule has 10 aromatic rings. The Hall–Kier alpha value is -7.35. The fraction of sp³-hybridized carbons (Fsp3) is 0.264. The van der Waals surface area contributed by atoms with Gasteiger partial charge in [-0.15, -0.1) is 0 Å². The molecule has 0 atom stereocenters. The van der Waals surface area contributed by atoms with Gasteiger partial charge >= 0.3 is 266 Å². The summed E-state index contributed by atoms with van der Waals surface area (Å²) in [5, 5.41) is 2.75. The van der Waals surface area contributed by atoms with Gasteiger partial charge in [-0.3, -0.25) is 0 Å². The molecule has 0 aliphatic carbocycles. The van der Waals surface area contributed by atoms with E-state index in [-0.39, 0.29) is 21.7 Å². The second kappa shape index (κ2) is 18.4. The predicted molar refractivity (Wildman–Crippen MR) is 335 cm³/mol. The molecule has 5 nitrogen and oxygen atoms in total. The first-order valence-corrected chi connectivity index (χ1v) is 34.2. The van der Waals surface area contributed by atoms with Crippen molar-refractivity contribution in [2.24, 2.45) is 0 Å². The zero-order chi connectivity index (χ0) is 54.8. The minimum atomic E-state index is -2.71. The zero-order valence-corrected chi connectivity index (χ0v) is 50.3. The molecule has 0 bridgehead atoms. The summed E-state index contributed by atoms with van der Waals surface area (Å²) in [4.78, 5) is 10.1. The number of fused-ring (bicyclic) bond motifs is 1. The maximum Gasteiger partial charge on any atom is -0.0132 e. The first kappa shape index (κ1) is 51.4. The number of nitrogens with zero attached hydrogens (tertiary/aromatic N) is 4. The van der Waals surface area contributed by atoms with E-state index < -0.39 is 13.3 Å². The van der Waals surface area contributed by atoms with Crippen LogP contribution in [0.25, 0.3) is 61.0 Å². The number of hydrogen-bond acceptors (Lipinski definition) is 4. The van der Waals surface area contributed by atoms with Gasteiger partial charge in [0.1, 0.15) is 0 Å². The van der Waals surface area contributed by atoms with Crippen LogP contribution < -0.4 is 23.3 Å². The fourth-order valence-electron chi connectivity index (χ4n) is 12.1. The molecule has 0 saturated carbocycles. The van der Waals surface area contributed by atoms with Gasteiger partial charge in [-0.1, -0.05) is 129 Å². The molecule has 12 rings (SSSR count). The smallest absolute Gasteiger partial charge is 0.0132 e. The Bertz CT molecular complexity index is 3970. The summed E-state index contributed by atoms with van der Waals surface area (Å²) in [5.74, 6) is 7.66. The third-order valence-corrected chi connectivity index (χ3v) is 24.0. The van der Waals surface area contributed by atoms with Crippen LogP contribution >= 0.6 is 0 Å².